The highest BCUT2D eigenvalue weighted by Crippen LogP contribution is 2.36. The van der Waals surface area contributed by atoms with Gasteiger partial charge in [-0.05, 0) is 51.0 Å². The van der Waals surface area contributed by atoms with Crippen LogP contribution in [0.5, 0.6) is 0 Å². The summed E-state index contributed by atoms with van der Waals surface area (Å²) in [6.07, 6.45) is 9.90. The minimum absolute atomic E-state index is 0.490. The van der Waals surface area contributed by atoms with Gasteiger partial charge in [0, 0.05) is 17.9 Å². The van der Waals surface area contributed by atoms with Crippen molar-refractivity contribution < 1.29 is 4.52 Å². The molecule has 1 N–H and O–H groups in total. The van der Waals surface area contributed by atoms with Crippen LogP contribution >= 0.6 is 0 Å². The summed E-state index contributed by atoms with van der Waals surface area (Å²) in [6.45, 7) is 5.60. The third-order valence-electron chi connectivity index (χ3n) is 5.41. The summed E-state index contributed by atoms with van der Waals surface area (Å²) in [6, 6.07) is 0.688. The van der Waals surface area contributed by atoms with Gasteiger partial charge in [-0.1, -0.05) is 31.8 Å². The normalized spacial score (nSPS) is 34.0. The second kappa shape index (κ2) is 6.91. The second-order valence-electron chi connectivity index (χ2n) is 7.05. The van der Waals surface area contributed by atoms with Crippen LogP contribution in [-0.4, -0.2) is 22.7 Å². The Morgan fingerprint density at radius 3 is 2.33 bits per heavy atom. The molecule has 2 saturated carbocycles. The van der Waals surface area contributed by atoms with E-state index in [4.69, 9.17) is 9.51 Å². The van der Waals surface area contributed by atoms with Gasteiger partial charge in [0.05, 0.1) is 0 Å². The average molecular weight is 291 g/mol. The minimum Gasteiger partial charge on any atom is -0.339 e. The first-order valence-electron chi connectivity index (χ1n) is 8.83. The summed E-state index contributed by atoms with van der Waals surface area (Å²) < 4.78 is 5.60. The molecule has 2 aliphatic rings. The fourth-order valence-corrected chi connectivity index (χ4v) is 3.93. The first kappa shape index (κ1) is 15.0. The second-order valence-corrected chi connectivity index (χ2v) is 7.05. The number of hydrogen-bond acceptors (Lipinski definition) is 4. The number of nitrogens with zero attached hydrogens (tertiary/aromatic N) is 2. The lowest BCUT2D eigenvalue weighted by molar-refractivity contribution is 0.281. The van der Waals surface area contributed by atoms with E-state index in [0.717, 1.165) is 24.2 Å². The largest absolute Gasteiger partial charge is 0.339 e. The van der Waals surface area contributed by atoms with E-state index >= 15 is 0 Å². The third kappa shape index (κ3) is 3.65. The Balaban J connectivity index is 1.56. The molecular weight excluding hydrogens is 262 g/mol. The molecule has 3 rings (SSSR count). The predicted octanol–water partition coefficient (Wildman–Crippen LogP) is 4.00. The van der Waals surface area contributed by atoms with Crippen molar-refractivity contribution in [2.24, 2.45) is 5.92 Å². The van der Waals surface area contributed by atoms with Crippen molar-refractivity contribution in [2.75, 3.05) is 6.54 Å². The van der Waals surface area contributed by atoms with E-state index in [1.54, 1.807) is 0 Å². The molecular formula is C17H29N3O. The van der Waals surface area contributed by atoms with Crippen molar-refractivity contribution in [3.05, 3.63) is 11.7 Å². The molecule has 4 heteroatoms. The zero-order valence-electron chi connectivity index (χ0n) is 13.5. The first-order valence-corrected chi connectivity index (χ1v) is 8.83. The Morgan fingerprint density at radius 2 is 1.67 bits per heavy atom. The van der Waals surface area contributed by atoms with Crippen molar-refractivity contribution in [3.8, 4) is 0 Å². The molecule has 0 spiro atoms. The molecule has 1 aromatic rings. The van der Waals surface area contributed by atoms with Crippen molar-refractivity contribution in [1.29, 1.82) is 0 Å². The van der Waals surface area contributed by atoms with Gasteiger partial charge in [0.25, 0.3) is 0 Å². The van der Waals surface area contributed by atoms with E-state index in [0.29, 0.717) is 17.9 Å². The lowest BCUT2D eigenvalue weighted by Crippen LogP contribution is -2.32. The van der Waals surface area contributed by atoms with E-state index in [9.17, 15) is 0 Å². The number of rotatable bonds is 4. The Hall–Kier alpha value is -0.900. The predicted molar refractivity (Wildman–Crippen MR) is 83.3 cm³/mol. The molecule has 0 atom stereocenters. The van der Waals surface area contributed by atoms with Crippen LogP contribution in [0.4, 0.5) is 0 Å². The van der Waals surface area contributed by atoms with Gasteiger partial charge < -0.3 is 9.84 Å². The SMILES string of the molecule is CCNC1CCC(c2nc(C3CCC(C)CC3)no2)CC1. The van der Waals surface area contributed by atoms with Crippen LogP contribution < -0.4 is 5.32 Å². The zero-order valence-corrected chi connectivity index (χ0v) is 13.5. The number of hydrogen-bond donors (Lipinski definition) is 1. The molecule has 1 heterocycles. The van der Waals surface area contributed by atoms with Crippen LogP contribution in [0.2, 0.25) is 0 Å². The molecule has 118 valence electrons. The Bertz CT molecular complexity index is 429. The highest BCUT2D eigenvalue weighted by molar-refractivity contribution is 5.02. The number of aromatic nitrogens is 2. The standard InChI is InChI=1S/C17H29N3O/c1-3-18-15-10-8-14(9-11-15)17-19-16(20-21-17)13-6-4-12(2)5-7-13/h12-15,18H,3-11H2,1-2H3. The van der Waals surface area contributed by atoms with Crippen LogP contribution in [0.3, 0.4) is 0 Å². The molecule has 2 fully saturated rings. The van der Waals surface area contributed by atoms with Crippen molar-refractivity contribution in [2.45, 2.75) is 83.1 Å². The molecule has 0 unspecified atom stereocenters. The molecule has 1 aromatic heterocycles. The molecule has 0 amide bonds. The summed E-state index contributed by atoms with van der Waals surface area (Å²) in [5.41, 5.74) is 0. The van der Waals surface area contributed by atoms with Crippen LogP contribution in [0.25, 0.3) is 0 Å². The topological polar surface area (TPSA) is 51.0 Å². The van der Waals surface area contributed by atoms with Crippen molar-refractivity contribution in [1.82, 2.24) is 15.5 Å². The summed E-state index contributed by atoms with van der Waals surface area (Å²) in [5, 5.41) is 7.84. The summed E-state index contributed by atoms with van der Waals surface area (Å²) >= 11 is 0. The molecule has 0 aliphatic heterocycles. The summed E-state index contributed by atoms with van der Waals surface area (Å²) in [4.78, 5) is 4.76. The fraction of sp³-hybridized carbons (Fsp3) is 0.882. The van der Waals surface area contributed by atoms with E-state index in [1.165, 1.54) is 51.4 Å². The summed E-state index contributed by atoms with van der Waals surface area (Å²) in [7, 11) is 0. The van der Waals surface area contributed by atoms with Crippen molar-refractivity contribution in [3.63, 3.8) is 0 Å². The summed E-state index contributed by atoms with van der Waals surface area (Å²) in [5.74, 6) is 3.78. The zero-order chi connectivity index (χ0) is 14.7. The van der Waals surface area contributed by atoms with Gasteiger partial charge in [0.1, 0.15) is 0 Å². The molecule has 0 radical (unpaired) electrons. The molecule has 0 bridgehead atoms. The van der Waals surface area contributed by atoms with Crippen LogP contribution in [0.15, 0.2) is 4.52 Å². The van der Waals surface area contributed by atoms with E-state index in [1.807, 2.05) is 0 Å². The first-order chi connectivity index (χ1) is 10.3. The van der Waals surface area contributed by atoms with E-state index in [2.05, 4.69) is 24.3 Å². The lowest BCUT2D eigenvalue weighted by atomic mass is 9.82. The lowest BCUT2D eigenvalue weighted by Gasteiger charge is -2.26. The highest BCUT2D eigenvalue weighted by Gasteiger charge is 2.28. The molecule has 0 saturated heterocycles. The fourth-order valence-electron chi connectivity index (χ4n) is 3.93. The third-order valence-corrected chi connectivity index (χ3v) is 5.41. The average Bonchev–Trinajstić information content (AvgIpc) is 2.99. The molecule has 2 aliphatic carbocycles. The maximum Gasteiger partial charge on any atom is 0.229 e. The Kier molecular flexibility index (Phi) is 4.94. The maximum atomic E-state index is 5.60. The van der Waals surface area contributed by atoms with Crippen LogP contribution in [0, 0.1) is 5.92 Å². The Labute approximate surface area is 128 Å². The van der Waals surface area contributed by atoms with Gasteiger partial charge >= 0.3 is 0 Å². The van der Waals surface area contributed by atoms with E-state index < -0.39 is 0 Å². The molecule has 0 aromatic carbocycles. The van der Waals surface area contributed by atoms with Crippen LogP contribution in [0.1, 0.15) is 88.8 Å². The van der Waals surface area contributed by atoms with Gasteiger partial charge in [-0.15, -0.1) is 0 Å². The van der Waals surface area contributed by atoms with Crippen LogP contribution in [-0.2, 0) is 0 Å². The number of nitrogens with one attached hydrogen (secondary N) is 1. The highest BCUT2D eigenvalue weighted by atomic mass is 16.5. The smallest absolute Gasteiger partial charge is 0.229 e. The maximum absolute atomic E-state index is 5.60. The van der Waals surface area contributed by atoms with Gasteiger partial charge in [0.15, 0.2) is 5.82 Å². The Morgan fingerprint density at radius 1 is 1.00 bits per heavy atom. The van der Waals surface area contributed by atoms with Gasteiger partial charge in [-0.2, -0.15) is 4.98 Å². The van der Waals surface area contributed by atoms with Gasteiger partial charge in [0.2, 0.25) is 5.89 Å². The van der Waals surface area contributed by atoms with Crippen molar-refractivity contribution >= 4 is 0 Å². The molecule has 21 heavy (non-hydrogen) atoms. The van der Waals surface area contributed by atoms with E-state index in [-0.39, 0.29) is 0 Å². The van der Waals surface area contributed by atoms with Gasteiger partial charge in [-0.25, -0.2) is 0 Å². The molecule has 4 nitrogen and oxygen atoms in total. The quantitative estimate of drug-likeness (QED) is 0.911. The van der Waals surface area contributed by atoms with Gasteiger partial charge in [-0.3, -0.25) is 0 Å². The monoisotopic (exact) mass is 291 g/mol. The minimum atomic E-state index is 0.490.